The zero-order valence-electron chi connectivity index (χ0n) is 5.71. The zero-order valence-corrected chi connectivity index (χ0v) is 6.53. The minimum atomic E-state index is 0. The topological polar surface area (TPSA) is 30.8 Å². The van der Waals surface area contributed by atoms with Crippen LogP contribution in [0.1, 0.15) is 0 Å². The second-order valence-electron chi connectivity index (χ2n) is 1.52. The lowest BCUT2D eigenvalue weighted by Gasteiger charge is -1.89. The van der Waals surface area contributed by atoms with Gasteiger partial charge in [0.25, 0.3) is 0 Å². The van der Waals surface area contributed by atoms with E-state index >= 15 is 0 Å². The Balaban J connectivity index is 0.000001000. The van der Waals surface area contributed by atoms with Gasteiger partial charge in [0.05, 0.1) is 6.21 Å². The number of rotatable bonds is 0. The molecule has 0 radical (unpaired) electrons. The molecule has 0 spiro atoms. The minimum absolute atomic E-state index is 0. The van der Waals surface area contributed by atoms with Crippen LogP contribution in [0.25, 0.3) is 0 Å². The van der Waals surface area contributed by atoms with Gasteiger partial charge < -0.3 is 0 Å². The standard InChI is InChI=1S/C7H7NO2.ClH/c1-2-4-6-8-10-9-7-5-3-1;/h1-7H;1H/b3-1+,4-2-,7-5+,8-6+;. The Kier molecular flexibility index (Phi) is 6.13. The predicted octanol–water partition coefficient (Wildman–Crippen LogP) is 1.98. The average molecular weight is 174 g/mol. The first-order valence-electron chi connectivity index (χ1n) is 2.84. The van der Waals surface area contributed by atoms with Gasteiger partial charge in [-0.05, 0) is 17.3 Å². The zero-order chi connectivity index (χ0) is 7.07. The molecule has 1 aliphatic heterocycles. The second-order valence-corrected chi connectivity index (χ2v) is 1.52. The van der Waals surface area contributed by atoms with Crippen LogP contribution in [0.5, 0.6) is 0 Å². The number of nitrogens with zero attached hydrogens (tertiary/aromatic N) is 1. The molecule has 11 heavy (non-hydrogen) atoms. The highest BCUT2D eigenvalue weighted by atomic mass is 35.5. The van der Waals surface area contributed by atoms with Gasteiger partial charge in [-0.2, -0.15) is 4.99 Å². The van der Waals surface area contributed by atoms with E-state index in [0.717, 1.165) is 0 Å². The van der Waals surface area contributed by atoms with Crippen LogP contribution >= 0.6 is 12.4 Å². The summed E-state index contributed by atoms with van der Waals surface area (Å²) in [6.45, 7) is 0. The van der Waals surface area contributed by atoms with Crippen LogP contribution in [0.4, 0.5) is 0 Å². The third-order valence-corrected chi connectivity index (χ3v) is 0.812. The Hall–Kier alpha value is -1.22. The number of halogens is 1. The van der Waals surface area contributed by atoms with E-state index in [1.807, 2.05) is 18.2 Å². The van der Waals surface area contributed by atoms with Crippen molar-refractivity contribution >= 4 is 18.6 Å². The summed E-state index contributed by atoms with van der Waals surface area (Å²) < 4.78 is 0. The lowest BCUT2D eigenvalue weighted by molar-refractivity contribution is -0.248. The molecule has 0 atom stereocenters. The Labute approximate surface area is 71.0 Å². The fourth-order valence-electron chi connectivity index (χ4n) is 0.429. The molecule has 0 unspecified atom stereocenters. The molecule has 0 amide bonds. The summed E-state index contributed by atoms with van der Waals surface area (Å²) in [7, 11) is 0. The van der Waals surface area contributed by atoms with Gasteiger partial charge in [0, 0.05) is 0 Å². The summed E-state index contributed by atoms with van der Waals surface area (Å²) in [6, 6.07) is 0. The van der Waals surface area contributed by atoms with Gasteiger partial charge in [-0.25, -0.2) is 0 Å². The summed E-state index contributed by atoms with van der Waals surface area (Å²) in [6.07, 6.45) is 11.8. The third-order valence-electron chi connectivity index (χ3n) is 0.812. The van der Waals surface area contributed by atoms with E-state index in [4.69, 9.17) is 0 Å². The highest BCUT2D eigenvalue weighted by molar-refractivity contribution is 5.85. The molecular weight excluding hydrogens is 166 g/mol. The van der Waals surface area contributed by atoms with Gasteiger partial charge >= 0.3 is 0 Å². The number of hydrogen-bond acceptors (Lipinski definition) is 3. The molecule has 1 rings (SSSR count). The van der Waals surface area contributed by atoms with Crippen LogP contribution in [-0.4, -0.2) is 6.21 Å². The molecule has 60 valence electrons. The first-order valence-corrected chi connectivity index (χ1v) is 2.84. The van der Waals surface area contributed by atoms with Gasteiger partial charge in [-0.3, -0.25) is 4.89 Å². The van der Waals surface area contributed by atoms with Crippen LogP contribution in [0.3, 0.4) is 0 Å². The van der Waals surface area contributed by atoms with Crippen LogP contribution in [0, 0.1) is 0 Å². The summed E-state index contributed by atoms with van der Waals surface area (Å²) in [4.78, 5) is 8.75. The molecule has 4 heteroatoms. The fourth-order valence-corrected chi connectivity index (χ4v) is 0.429. The smallest absolute Gasteiger partial charge is 0.145 e. The maximum atomic E-state index is 4.45. The van der Waals surface area contributed by atoms with E-state index in [1.165, 1.54) is 12.5 Å². The lowest BCUT2D eigenvalue weighted by atomic mass is 10.4. The van der Waals surface area contributed by atoms with Gasteiger partial charge in [0.1, 0.15) is 6.26 Å². The molecule has 0 aromatic carbocycles. The number of hydrogen-bond donors (Lipinski definition) is 0. The van der Waals surface area contributed by atoms with Crippen LogP contribution < -0.4 is 0 Å². The van der Waals surface area contributed by atoms with Crippen molar-refractivity contribution in [3.63, 3.8) is 0 Å². The largest absolute Gasteiger partial charge is 0.276 e. The van der Waals surface area contributed by atoms with Gasteiger partial charge in [0.2, 0.25) is 0 Å². The molecule has 0 saturated carbocycles. The van der Waals surface area contributed by atoms with E-state index < -0.39 is 0 Å². The Morgan fingerprint density at radius 3 is 2.55 bits per heavy atom. The number of oxime groups is 1. The molecule has 0 aliphatic carbocycles. The highest BCUT2D eigenvalue weighted by Gasteiger charge is 1.73. The first kappa shape index (κ1) is 9.78. The molecule has 0 bridgehead atoms. The van der Waals surface area contributed by atoms with Crippen LogP contribution in [0.2, 0.25) is 0 Å². The molecule has 0 aromatic heterocycles. The normalized spacial score (nSPS) is 26.2. The van der Waals surface area contributed by atoms with Crippen LogP contribution in [0.15, 0.2) is 41.8 Å². The van der Waals surface area contributed by atoms with Crippen molar-refractivity contribution in [2.24, 2.45) is 5.16 Å². The lowest BCUT2D eigenvalue weighted by Crippen LogP contribution is -1.77. The maximum Gasteiger partial charge on any atom is 0.145 e. The van der Waals surface area contributed by atoms with E-state index in [0.29, 0.717) is 0 Å². The molecule has 1 heterocycles. The first-order chi connectivity index (χ1) is 5.00. The van der Waals surface area contributed by atoms with Crippen molar-refractivity contribution in [3.8, 4) is 0 Å². The molecule has 0 N–H and O–H groups in total. The SMILES string of the molecule is C1=C\C=N\OO/C=C/C=C/1.Cl. The van der Waals surface area contributed by atoms with Crippen LogP contribution in [-0.2, 0) is 9.88 Å². The predicted molar refractivity (Wildman–Crippen MR) is 45.3 cm³/mol. The monoisotopic (exact) mass is 173 g/mol. The Bertz CT molecular complexity index is 175. The van der Waals surface area contributed by atoms with Gasteiger partial charge in [0.15, 0.2) is 0 Å². The van der Waals surface area contributed by atoms with Crippen molar-refractivity contribution in [2.45, 2.75) is 0 Å². The molecule has 0 aromatic rings. The summed E-state index contributed by atoms with van der Waals surface area (Å²) in [5.74, 6) is 0. The Morgan fingerprint density at radius 2 is 1.64 bits per heavy atom. The minimum Gasteiger partial charge on any atom is -0.276 e. The fraction of sp³-hybridized carbons (Fsp3) is 0. The van der Waals surface area contributed by atoms with Crippen molar-refractivity contribution < 1.29 is 9.88 Å². The quantitative estimate of drug-likeness (QED) is 0.525. The third kappa shape index (κ3) is 5.24. The molecule has 0 saturated heterocycles. The Morgan fingerprint density at radius 1 is 0.909 bits per heavy atom. The summed E-state index contributed by atoms with van der Waals surface area (Å²) >= 11 is 0. The van der Waals surface area contributed by atoms with E-state index in [1.54, 1.807) is 12.2 Å². The molecule has 3 nitrogen and oxygen atoms in total. The van der Waals surface area contributed by atoms with Crippen molar-refractivity contribution in [1.29, 1.82) is 0 Å². The average Bonchev–Trinajstić information content (AvgIpc) is 2.01. The van der Waals surface area contributed by atoms with Crippen molar-refractivity contribution in [3.05, 3.63) is 36.6 Å². The molecular formula is C7H8ClNO2. The van der Waals surface area contributed by atoms with E-state index in [2.05, 4.69) is 15.0 Å². The van der Waals surface area contributed by atoms with Gasteiger partial charge in [-0.15, -0.1) is 12.4 Å². The van der Waals surface area contributed by atoms with E-state index in [-0.39, 0.29) is 12.4 Å². The maximum absolute atomic E-state index is 4.45. The van der Waals surface area contributed by atoms with Crippen molar-refractivity contribution in [1.82, 2.24) is 0 Å². The second kappa shape index (κ2) is 6.89. The number of allylic oxidation sites excluding steroid dienone is 5. The summed E-state index contributed by atoms with van der Waals surface area (Å²) in [5, 5.41) is 3.41. The van der Waals surface area contributed by atoms with Gasteiger partial charge in [-0.1, -0.05) is 18.2 Å². The summed E-state index contributed by atoms with van der Waals surface area (Å²) in [5.41, 5.74) is 0. The van der Waals surface area contributed by atoms with Crippen molar-refractivity contribution in [2.75, 3.05) is 0 Å². The molecule has 1 aliphatic rings. The van der Waals surface area contributed by atoms with E-state index in [9.17, 15) is 0 Å². The highest BCUT2D eigenvalue weighted by Crippen LogP contribution is 1.86. The molecule has 0 fully saturated rings.